The summed E-state index contributed by atoms with van der Waals surface area (Å²) in [6, 6.07) is 19.4. The average molecular weight is 467 g/mol. The van der Waals surface area contributed by atoms with Gasteiger partial charge in [-0.3, -0.25) is 4.79 Å². The Morgan fingerprint density at radius 1 is 0.969 bits per heavy atom. The Labute approximate surface area is 190 Å². The first-order valence-electron chi connectivity index (χ1n) is 9.75. The van der Waals surface area contributed by atoms with Gasteiger partial charge in [-0.05, 0) is 76.3 Å². The van der Waals surface area contributed by atoms with E-state index in [0.29, 0.717) is 10.6 Å². The van der Waals surface area contributed by atoms with E-state index in [4.69, 9.17) is 11.6 Å². The first-order chi connectivity index (χ1) is 15.2. The second kappa shape index (κ2) is 8.30. The number of halogens is 1. The maximum atomic E-state index is 13.0. The Bertz CT molecular complexity index is 1460. The fourth-order valence-electron chi connectivity index (χ4n) is 3.86. The van der Waals surface area contributed by atoms with Gasteiger partial charge in [-0.15, -0.1) is 0 Å². The monoisotopic (exact) mass is 466 g/mol. The fourth-order valence-corrected chi connectivity index (χ4v) is 5.38. The number of aromatic hydroxyl groups is 1. The average Bonchev–Trinajstić information content (AvgIpc) is 2.75. The van der Waals surface area contributed by atoms with E-state index in [1.807, 2.05) is 25.1 Å². The minimum atomic E-state index is -3.90. The fraction of sp³-hybridized carbons (Fsp3) is 0.0800. The van der Waals surface area contributed by atoms with Crippen molar-refractivity contribution in [3.05, 3.63) is 88.9 Å². The Morgan fingerprint density at radius 2 is 1.66 bits per heavy atom. The van der Waals surface area contributed by atoms with Gasteiger partial charge in [0.15, 0.2) is 0 Å². The summed E-state index contributed by atoms with van der Waals surface area (Å²) >= 11 is 6.23. The highest BCUT2D eigenvalue weighted by atomic mass is 35.5. The molecule has 0 radical (unpaired) electrons. The lowest BCUT2D eigenvalue weighted by Crippen LogP contribution is -2.04. The van der Waals surface area contributed by atoms with E-state index in [0.717, 1.165) is 27.5 Å². The number of carboxylic acids is 1. The van der Waals surface area contributed by atoms with Gasteiger partial charge in [0.25, 0.3) is 0 Å². The molecule has 0 aromatic heterocycles. The largest absolute Gasteiger partial charge is 0.507 e. The van der Waals surface area contributed by atoms with Crippen LogP contribution in [0, 0.1) is 6.92 Å². The molecule has 0 unspecified atom stereocenters. The molecular weight excluding hydrogens is 448 g/mol. The maximum Gasteiger partial charge on any atom is 0.307 e. The highest BCUT2D eigenvalue weighted by molar-refractivity contribution is 7.91. The van der Waals surface area contributed by atoms with Crippen molar-refractivity contribution in [3.8, 4) is 16.9 Å². The SMILES string of the molecule is Cc1c(CC(=O)O)cc2ccc(Cl)cc2c1-c1ccc(S(=O)(=O)c2ccccc2O)cc1. The molecule has 0 fully saturated rings. The van der Waals surface area contributed by atoms with E-state index in [-0.39, 0.29) is 22.0 Å². The molecule has 4 aromatic rings. The number of fused-ring (bicyclic) bond motifs is 1. The van der Waals surface area contributed by atoms with Crippen molar-refractivity contribution < 1.29 is 23.4 Å². The van der Waals surface area contributed by atoms with Crippen molar-refractivity contribution in [3.63, 3.8) is 0 Å². The van der Waals surface area contributed by atoms with Gasteiger partial charge in [0.1, 0.15) is 10.6 Å². The molecule has 0 saturated heterocycles. The Morgan fingerprint density at radius 3 is 2.31 bits per heavy atom. The van der Waals surface area contributed by atoms with Crippen LogP contribution in [0.15, 0.2) is 82.6 Å². The lowest BCUT2D eigenvalue weighted by atomic mass is 9.89. The van der Waals surface area contributed by atoms with Crippen molar-refractivity contribution in [1.82, 2.24) is 0 Å². The number of carboxylic acid groups (broad SMARTS) is 1. The molecule has 0 aliphatic rings. The number of aliphatic carboxylic acids is 1. The van der Waals surface area contributed by atoms with Crippen LogP contribution in [0.2, 0.25) is 5.02 Å². The predicted molar refractivity (Wildman–Crippen MR) is 124 cm³/mol. The molecule has 4 rings (SSSR count). The first-order valence-corrected chi connectivity index (χ1v) is 11.6. The number of rotatable bonds is 5. The van der Waals surface area contributed by atoms with E-state index < -0.39 is 15.8 Å². The second-order valence-electron chi connectivity index (χ2n) is 7.47. The summed E-state index contributed by atoms with van der Waals surface area (Å²) in [4.78, 5) is 11.3. The van der Waals surface area contributed by atoms with Gasteiger partial charge in [0.05, 0.1) is 11.3 Å². The van der Waals surface area contributed by atoms with Crippen LogP contribution in [0.25, 0.3) is 21.9 Å². The summed E-state index contributed by atoms with van der Waals surface area (Å²) in [5.74, 6) is -1.24. The minimum Gasteiger partial charge on any atom is -0.507 e. The Balaban J connectivity index is 1.88. The van der Waals surface area contributed by atoms with Gasteiger partial charge in [-0.25, -0.2) is 8.42 Å². The number of hydrogen-bond acceptors (Lipinski definition) is 4. The lowest BCUT2D eigenvalue weighted by molar-refractivity contribution is -0.136. The van der Waals surface area contributed by atoms with Crippen molar-refractivity contribution in [2.75, 3.05) is 0 Å². The maximum absolute atomic E-state index is 13.0. The standard InChI is InChI=1S/C25H19ClO5S/c1-15-18(13-24(28)29)12-17-6-9-19(26)14-21(17)25(15)16-7-10-20(11-8-16)32(30,31)23-5-3-2-4-22(23)27/h2-12,14,27H,13H2,1H3,(H,28,29). The molecule has 0 aliphatic carbocycles. The number of carbonyl (C=O) groups is 1. The summed E-state index contributed by atoms with van der Waals surface area (Å²) in [6.45, 7) is 1.85. The summed E-state index contributed by atoms with van der Waals surface area (Å²) < 4.78 is 25.9. The number of benzene rings is 4. The van der Waals surface area contributed by atoms with Gasteiger partial charge in [0.2, 0.25) is 9.84 Å². The van der Waals surface area contributed by atoms with E-state index in [1.54, 1.807) is 30.3 Å². The molecule has 7 heteroatoms. The summed E-state index contributed by atoms with van der Waals surface area (Å²) in [5, 5.41) is 21.5. The third-order valence-corrected chi connectivity index (χ3v) is 7.47. The highest BCUT2D eigenvalue weighted by Gasteiger charge is 2.22. The van der Waals surface area contributed by atoms with Gasteiger partial charge in [0, 0.05) is 5.02 Å². The molecular formula is C25H19ClO5S. The van der Waals surface area contributed by atoms with Gasteiger partial charge in [-0.2, -0.15) is 0 Å². The normalized spacial score (nSPS) is 11.6. The Hall–Kier alpha value is -3.35. The Kier molecular flexibility index (Phi) is 5.67. The third-order valence-electron chi connectivity index (χ3n) is 5.42. The lowest BCUT2D eigenvalue weighted by Gasteiger charge is -2.16. The van der Waals surface area contributed by atoms with Gasteiger partial charge >= 0.3 is 5.97 Å². The van der Waals surface area contributed by atoms with E-state index in [9.17, 15) is 23.4 Å². The van der Waals surface area contributed by atoms with Crippen LogP contribution in [0.5, 0.6) is 5.75 Å². The first kappa shape index (κ1) is 21.9. The van der Waals surface area contributed by atoms with Crippen LogP contribution in [-0.2, 0) is 21.1 Å². The van der Waals surface area contributed by atoms with Crippen molar-refractivity contribution in [2.45, 2.75) is 23.1 Å². The quantitative estimate of drug-likeness (QED) is 0.397. The molecule has 0 amide bonds. The summed E-state index contributed by atoms with van der Waals surface area (Å²) in [5.41, 5.74) is 3.00. The number of sulfone groups is 1. The van der Waals surface area contributed by atoms with Gasteiger partial charge < -0.3 is 10.2 Å². The number of phenolic OH excluding ortho intramolecular Hbond substituents is 1. The van der Waals surface area contributed by atoms with Gasteiger partial charge in [-0.1, -0.05) is 48.0 Å². The van der Waals surface area contributed by atoms with E-state index in [1.165, 1.54) is 24.3 Å². The molecule has 0 heterocycles. The molecule has 4 aromatic carbocycles. The topological polar surface area (TPSA) is 91.7 Å². The van der Waals surface area contributed by atoms with Crippen LogP contribution in [0.1, 0.15) is 11.1 Å². The minimum absolute atomic E-state index is 0.0458. The highest BCUT2D eigenvalue weighted by Crippen LogP contribution is 2.37. The summed E-state index contributed by atoms with van der Waals surface area (Å²) in [7, 11) is -3.90. The predicted octanol–water partition coefficient (Wildman–Crippen LogP) is 5.63. The molecule has 0 spiro atoms. The van der Waals surface area contributed by atoms with Crippen LogP contribution >= 0.6 is 11.6 Å². The van der Waals surface area contributed by atoms with E-state index >= 15 is 0 Å². The molecule has 32 heavy (non-hydrogen) atoms. The van der Waals surface area contributed by atoms with Crippen LogP contribution in [0.4, 0.5) is 0 Å². The molecule has 0 atom stereocenters. The smallest absolute Gasteiger partial charge is 0.307 e. The van der Waals surface area contributed by atoms with Crippen molar-refractivity contribution >= 4 is 38.2 Å². The molecule has 162 valence electrons. The molecule has 2 N–H and O–H groups in total. The molecule has 0 bridgehead atoms. The van der Waals surface area contributed by atoms with Crippen molar-refractivity contribution in [1.29, 1.82) is 0 Å². The molecule has 0 aliphatic heterocycles. The zero-order valence-electron chi connectivity index (χ0n) is 17.0. The number of hydrogen-bond donors (Lipinski definition) is 2. The molecule has 0 saturated carbocycles. The van der Waals surface area contributed by atoms with Crippen LogP contribution in [0.3, 0.4) is 0 Å². The third kappa shape index (κ3) is 3.95. The van der Waals surface area contributed by atoms with Crippen molar-refractivity contribution in [2.24, 2.45) is 0 Å². The van der Waals surface area contributed by atoms with Crippen LogP contribution < -0.4 is 0 Å². The number of para-hydroxylation sites is 1. The molecule has 5 nitrogen and oxygen atoms in total. The van der Waals surface area contributed by atoms with Crippen LogP contribution in [-0.4, -0.2) is 24.6 Å². The zero-order chi connectivity index (χ0) is 23.0. The second-order valence-corrected chi connectivity index (χ2v) is 9.82. The van der Waals surface area contributed by atoms with E-state index in [2.05, 4.69) is 0 Å². The zero-order valence-corrected chi connectivity index (χ0v) is 18.6. The summed E-state index contributed by atoms with van der Waals surface area (Å²) in [6.07, 6.45) is -0.128. The number of phenols is 1.